The van der Waals surface area contributed by atoms with Crippen molar-refractivity contribution in [3.05, 3.63) is 0 Å². The van der Waals surface area contributed by atoms with Crippen LogP contribution in [-0.2, 0) is 9.59 Å². The molecule has 8 nitrogen and oxygen atoms in total. The fraction of sp³-hybridized carbons (Fsp3) is 0.842. The Kier molecular flexibility index (Phi) is 6.72. The highest BCUT2D eigenvalue weighted by molar-refractivity contribution is 6.01. The molecule has 1 atom stereocenters. The van der Waals surface area contributed by atoms with Crippen LogP contribution in [0.1, 0.15) is 44.9 Å². The molecular formula is C19H30F2N4O4. The van der Waals surface area contributed by atoms with Gasteiger partial charge in [0.05, 0.1) is 12.1 Å². The third-order valence-electron chi connectivity index (χ3n) is 6.08. The van der Waals surface area contributed by atoms with Crippen LogP contribution in [0.2, 0.25) is 0 Å². The van der Waals surface area contributed by atoms with Gasteiger partial charge in [-0.25, -0.2) is 13.6 Å². The summed E-state index contributed by atoms with van der Waals surface area (Å²) in [7, 11) is 0. The van der Waals surface area contributed by atoms with Crippen molar-refractivity contribution in [2.75, 3.05) is 45.8 Å². The number of amides is 4. The van der Waals surface area contributed by atoms with Crippen molar-refractivity contribution in [1.29, 1.82) is 0 Å². The molecule has 0 saturated carbocycles. The van der Waals surface area contributed by atoms with Crippen LogP contribution in [0.25, 0.3) is 0 Å². The molecular weight excluding hydrogens is 386 g/mol. The molecule has 29 heavy (non-hydrogen) atoms. The van der Waals surface area contributed by atoms with Crippen molar-refractivity contribution in [1.82, 2.24) is 20.0 Å². The second-order valence-corrected chi connectivity index (χ2v) is 8.40. The summed E-state index contributed by atoms with van der Waals surface area (Å²) in [4.78, 5) is 40.3. The number of halogens is 2. The number of likely N-dealkylation sites (tertiary alicyclic amines) is 2. The van der Waals surface area contributed by atoms with Crippen LogP contribution in [-0.4, -0.2) is 95.0 Å². The monoisotopic (exact) mass is 416 g/mol. The van der Waals surface area contributed by atoms with Crippen LogP contribution < -0.4 is 5.32 Å². The van der Waals surface area contributed by atoms with Crippen LogP contribution in [0.15, 0.2) is 0 Å². The first-order valence-corrected chi connectivity index (χ1v) is 10.4. The number of carbonyl (C=O) groups excluding carboxylic acids is 3. The number of piperidine rings is 1. The van der Waals surface area contributed by atoms with Gasteiger partial charge in [-0.2, -0.15) is 0 Å². The molecule has 0 aromatic carbocycles. The van der Waals surface area contributed by atoms with Crippen molar-refractivity contribution in [3.8, 4) is 0 Å². The van der Waals surface area contributed by atoms with Crippen LogP contribution in [0.5, 0.6) is 0 Å². The van der Waals surface area contributed by atoms with E-state index in [1.165, 1.54) is 0 Å². The molecule has 2 N–H and O–H groups in total. The number of urea groups is 1. The van der Waals surface area contributed by atoms with Crippen molar-refractivity contribution >= 4 is 17.8 Å². The summed E-state index contributed by atoms with van der Waals surface area (Å²) in [5.41, 5.74) is -0.971. The summed E-state index contributed by atoms with van der Waals surface area (Å²) >= 11 is 0. The maximum atomic E-state index is 13.3. The predicted molar refractivity (Wildman–Crippen MR) is 100 cm³/mol. The number of nitrogens with one attached hydrogen (secondary N) is 1. The molecule has 0 radical (unpaired) electrons. The first-order chi connectivity index (χ1) is 13.7. The van der Waals surface area contributed by atoms with E-state index >= 15 is 0 Å². The maximum absolute atomic E-state index is 13.3. The topological polar surface area (TPSA) is 93.2 Å². The van der Waals surface area contributed by atoms with Gasteiger partial charge in [-0.15, -0.1) is 0 Å². The van der Waals surface area contributed by atoms with Crippen LogP contribution >= 0.6 is 0 Å². The van der Waals surface area contributed by atoms with Gasteiger partial charge in [-0.1, -0.05) is 0 Å². The average molecular weight is 416 g/mol. The van der Waals surface area contributed by atoms with E-state index in [0.29, 0.717) is 45.3 Å². The molecule has 0 aromatic heterocycles. The van der Waals surface area contributed by atoms with E-state index in [1.807, 2.05) is 4.90 Å². The standard InChI is InChI=1S/C19H30F2N4O4/c20-19(21)6-10-23(11-7-19)14-18(29)4-2-8-24(12-5-18)15(26)3-1-9-25-16(27)13-22-17(25)28/h29H,1-14H2,(H,22,28)/t18-/m1/s1. The SMILES string of the molecule is O=C(CCCN1C(=O)CNC1=O)N1CCC[C@](O)(CN2CCC(F)(F)CC2)CC1. The number of hydrogen-bond donors (Lipinski definition) is 2. The number of β-amino-alcohol motifs (C(OH)–C–C–N with tert-alkyl or cyclic N) is 1. The maximum Gasteiger partial charge on any atom is 0.324 e. The van der Waals surface area contributed by atoms with Gasteiger partial charge >= 0.3 is 6.03 Å². The second-order valence-electron chi connectivity index (χ2n) is 8.40. The first-order valence-electron chi connectivity index (χ1n) is 10.4. The largest absolute Gasteiger partial charge is 0.388 e. The second kappa shape index (κ2) is 8.91. The lowest BCUT2D eigenvalue weighted by Crippen LogP contribution is -2.48. The van der Waals surface area contributed by atoms with Gasteiger partial charge in [0.25, 0.3) is 5.92 Å². The third-order valence-corrected chi connectivity index (χ3v) is 6.08. The van der Waals surface area contributed by atoms with Crippen molar-refractivity contribution < 1.29 is 28.3 Å². The van der Waals surface area contributed by atoms with Crippen LogP contribution in [0, 0.1) is 0 Å². The summed E-state index contributed by atoms with van der Waals surface area (Å²) in [5, 5.41) is 13.4. The van der Waals surface area contributed by atoms with E-state index < -0.39 is 17.6 Å². The minimum Gasteiger partial charge on any atom is -0.388 e. The Hall–Kier alpha value is -1.81. The van der Waals surface area contributed by atoms with Gasteiger partial charge in [0.2, 0.25) is 11.8 Å². The van der Waals surface area contributed by atoms with Crippen molar-refractivity contribution in [2.45, 2.75) is 56.5 Å². The number of alkyl halides is 2. The molecule has 10 heteroatoms. The van der Waals surface area contributed by atoms with E-state index in [1.54, 1.807) is 4.90 Å². The average Bonchev–Trinajstić information content (AvgIpc) is 2.86. The Labute approximate surface area is 169 Å². The molecule has 3 saturated heterocycles. The quantitative estimate of drug-likeness (QED) is 0.625. The predicted octanol–water partition coefficient (Wildman–Crippen LogP) is 0.793. The first kappa shape index (κ1) is 21.9. The molecule has 0 aromatic rings. The number of nitrogens with zero attached hydrogens (tertiary/aromatic N) is 3. The van der Waals surface area contributed by atoms with Crippen LogP contribution in [0.4, 0.5) is 13.6 Å². The highest BCUT2D eigenvalue weighted by atomic mass is 19.3. The summed E-state index contributed by atoms with van der Waals surface area (Å²) in [6, 6.07) is -0.419. The van der Waals surface area contributed by atoms with Gasteiger partial charge in [0.1, 0.15) is 0 Å². The number of hydrogen-bond acceptors (Lipinski definition) is 5. The summed E-state index contributed by atoms with van der Waals surface area (Å²) < 4.78 is 26.6. The van der Waals surface area contributed by atoms with Crippen molar-refractivity contribution in [3.63, 3.8) is 0 Å². The normalized spacial score (nSPS) is 28.4. The molecule has 3 fully saturated rings. The Morgan fingerprint density at radius 3 is 2.45 bits per heavy atom. The van der Waals surface area contributed by atoms with Crippen LogP contribution in [0.3, 0.4) is 0 Å². The number of imide groups is 1. The molecule has 0 bridgehead atoms. The Morgan fingerprint density at radius 1 is 1.07 bits per heavy atom. The summed E-state index contributed by atoms with van der Waals surface area (Å²) in [6.07, 6.45) is 1.89. The zero-order valence-corrected chi connectivity index (χ0v) is 16.7. The lowest BCUT2D eigenvalue weighted by Gasteiger charge is -2.37. The smallest absolute Gasteiger partial charge is 0.324 e. The molecule has 3 aliphatic rings. The number of aliphatic hydroxyl groups is 1. The highest BCUT2D eigenvalue weighted by Gasteiger charge is 2.38. The molecule has 164 valence electrons. The fourth-order valence-corrected chi connectivity index (χ4v) is 4.27. The van der Waals surface area contributed by atoms with Gasteiger partial charge in [-0.05, 0) is 25.7 Å². The Bertz CT molecular complexity index is 622. The van der Waals surface area contributed by atoms with Gasteiger partial charge in [0, 0.05) is 58.5 Å². The van der Waals surface area contributed by atoms with E-state index in [4.69, 9.17) is 0 Å². The number of carbonyl (C=O) groups is 3. The fourth-order valence-electron chi connectivity index (χ4n) is 4.27. The number of rotatable bonds is 6. The Morgan fingerprint density at radius 2 is 1.79 bits per heavy atom. The van der Waals surface area contributed by atoms with E-state index in [-0.39, 0.29) is 57.3 Å². The molecule has 0 spiro atoms. The van der Waals surface area contributed by atoms with E-state index in [0.717, 1.165) is 4.90 Å². The highest BCUT2D eigenvalue weighted by Crippen LogP contribution is 2.30. The molecule has 3 aliphatic heterocycles. The summed E-state index contributed by atoms with van der Waals surface area (Å²) in [6.45, 7) is 2.10. The lowest BCUT2D eigenvalue weighted by atomic mass is 9.93. The van der Waals surface area contributed by atoms with Crippen molar-refractivity contribution in [2.24, 2.45) is 0 Å². The molecule has 3 rings (SSSR count). The zero-order chi connectivity index (χ0) is 21.1. The minimum absolute atomic E-state index is 0.00610. The molecule has 3 heterocycles. The van der Waals surface area contributed by atoms with E-state index in [2.05, 4.69) is 5.32 Å². The third kappa shape index (κ3) is 5.85. The minimum atomic E-state index is -2.61. The van der Waals surface area contributed by atoms with Gasteiger partial charge in [0.15, 0.2) is 0 Å². The molecule has 0 unspecified atom stereocenters. The lowest BCUT2D eigenvalue weighted by molar-refractivity contribution is -0.132. The van der Waals surface area contributed by atoms with Gasteiger partial charge < -0.3 is 20.2 Å². The Balaban J connectivity index is 1.42. The molecule has 0 aliphatic carbocycles. The molecule has 4 amide bonds. The zero-order valence-electron chi connectivity index (χ0n) is 16.7. The van der Waals surface area contributed by atoms with Gasteiger partial charge in [-0.3, -0.25) is 14.5 Å². The van der Waals surface area contributed by atoms with E-state index in [9.17, 15) is 28.3 Å². The summed E-state index contributed by atoms with van der Waals surface area (Å²) in [5.74, 6) is -2.94.